The molecule has 1 unspecified atom stereocenters. The van der Waals surface area contributed by atoms with Crippen molar-refractivity contribution in [2.75, 3.05) is 11.9 Å². The summed E-state index contributed by atoms with van der Waals surface area (Å²) in [5, 5.41) is 9.14. The van der Waals surface area contributed by atoms with Crippen LogP contribution in [0.4, 0.5) is 11.4 Å². The first-order valence-corrected chi connectivity index (χ1v) is 6.22. The third-order valence-electron chi connectivity index (χ3n) is 3.19. The van der Waals surface area contributed by atoms with Gasteiger partial charge in [0.05, 0.1) is 11.3 Å². The number of nitrogens with two attached hydrogens (primary N) is 1. The van der Waals surface area contributed by atoms with Gasteiger partial charge in [-0.15, -0.1) is 0 Å². The van der Waals surface area contributed by atoms with Crippen LogP contribution in [0.2, 0.25) is 0 Å². The Labute approximate surface area is 113 Å². The van der Waals surface area contributed by atoms with E-state index in [9.17, 15) is 0 Å². The van der Waals surface area contributed by atoms with Crippen molar-refractivity contribution in [2.24, 2.45) is 5.73 Å². The lowest BCUT2D eigenvalue weighted by Crippen LogP contribution is -2.11. The number of hydrogen-bond donors (Lipinski definition) is 1. The molecule has 0 saturated heterocycles. The second-order valence-corrected chi connectivity index (χ2v) is 4.57. The largest absolute Gasteiger partial charge is 0.344 e. The summed E-state index contributed by atoms with van der Waals surface area (Å²) in [6.07, 6.45) is 0. The standard InChI is InChI=1S/C16H17N3/c1-12(18)13-7-9-15(10-8-13)19(2)16-6-4-3-5-14(16)11-17/h3-10,12H,18H2,1-2H3. The zero-order chi connectivity index (χ0) is 13.8. The topological polar surface area (TPSA) is 53.0 Å². The van der Waals surface area contributed by atoms with Crippen molar-refractivity contribution in [1.29, 1.82) is 5.26 Å². The maximum Gasteiger partial charge on any atom is 0.101 e. The molecule has 0 bridgehead atoms. The van der Waals surface area contributed by atoms with Gasteiger partial charge in [-0.2, -0.15) is 5.26 Å². The maximum absolute atomic E-state index is 9.14. The van der Waals surface area contributed by atoms with E-state index in [0.717, 1.165) is 16.9 Å². The van der Waals surface area contributed by atoms with Gasteiger partial charge in [0.2, 0.25) is 0 Å². The highest BCUT2D eigenvalue weighted by Gasteiger charge is 2.08. The molecule has 0 aliphatic rings. The smallest absolute Gasteiger partial charge is 0.101 e. The van der Waals surface area contributed by atoms with E-state index < -0.39 is 0 Å². The molecule has 0 amide bonds. The monoisotopic (exact) mass is 251 g/mol. The van der Waals surface area contributed by atoms with E-state index in [1.807, 2.05) is 67.4 Å². The fourth-order valence-corrected chi connectivity index (χ4v) is 2.00. The van der Waals surface area contributed by atoms with E-state index in [0.29, 0.717) is 5.56 Å². The summed E-state index contributed by atoms with van der Waals surface area (Å²) < 4.78 is 0. The predicted octanol–water partition coefficient (Wildman–Crippen LogP) is 3.35. The lowest BCUT2D eigenvalue weighted by molar-refractivity contribution is 0.818. The van der Waals surface area contributed by atoms with Crippen molar-refractivity contribution < 1.29 is 0 Å². The Kier molecular flexibility index (Phi) is 3.84. The highest BCUT2D eigenvalue weighted by atomic mass is 15.1. The molecule has 0 aliphatic heterocycles. The first kappa shape index (κ1) is 13.1. The molecular weight excluding hydrogens is 234 g/mol. The van der Waals surface area contributed by atoms with Crippen LogP contribution in [0, 0.1) is 11.3 Å². The molecule has 3 nitrogen and oxygen atoms in total. The minimum absolute atomic E-state index is 0.0331. The maximum atomic E-state index is 9.14. The van der Waals surface area contributed by atoms with Crippen LogP contribution in [0.25, 0.3) is 0 Å². The average molecular weight is 251 g/mol. The summed E-state index contributed by atoms with van der Waals surface area (Å²) in [5.41, 5.74) is 9.55. The van der Waals surface area contributed by atoms with Gasteiger partial charge in [-0.3, -0.25) is 0 Å². The summed E-state index contributed by atoms with van der Waals surface area (Å²) >= 11 is 0. The van der Waals surface area contributed by atoms with E-state index in [-0.39, 0.29) is 6.04 Å². The second-order valence-electron chi connectivity index (χ2n) is 4.57. The van der Waals surface area contributed by atoms with Crippen LogP contribution < -0.4 is 10.6 Å². The molecule has 3 heteroatoms. The zero-order valence-corrected chi connectivity index (χ0v) is 11.2. The number of para-hydroxylation sites is 1. The third-order valence-corrected chi connectivity index (χ3v) is 3.19. The van der Waals surface area contributed by atoms with Crippen LogP contribution in [-0.4, -0.2) is 7.05 Å². The molecule has 0 heterocycles. The van der Waals surface area contributed by atoms with Crippen LogP contribution in [0.3, 0.4) is 0 Å². The van der Waals surface area contributed by atoms with E-state index in [4.69, 9.17) is 11.0 Å². The van der Waals surface area contributed by atoms with Crippen molar-refractivity contribution in [3.8, 4) is 6.07 Å². The quantitative estimate of drug-likeness (QED) is 0.910. The van der Waals surface area contributed by atoms with Gasteiger partial charge in [-0.25, -0.2) is 0 Å². The van der Waals surface area contributed by atoms with E-state index in [2.05, 4.69) is 6.07 Å². The van der Waals surface area contributed by atoms with Gasteiger partial charge in [0.25, 0.3) is 0 Å². The Hall–Kier alpha value is -2.31. The Morgan fingerprint density at radius 3 is 2.32 bits per heavy atom. The highest BCUT2D eigenvalue weighted by molar-refractivity contribution is 5.68. The van der Waals surface area contributed by atoms with Crippen molar-refractivity contribution in [1.82, 2.24) is 0 Å². The van der Waals surface area contributed by atoms with Crippen LogP contribution >= 0.6 is 0 Å². The van der Waals surface area contributed by atoms with Gasteiger partial charge in [0, 0.05) is 18.8 Å². The summed E-state index contributed by atoms with van der Waals surface area (Å²) in [5.74, 6) is 0. The minimum Gasteiger partial charge on any atom is -0.344 e. The van der Waals surface area contributed by atoms with Gasteiger partial charge >= 0.3 is 0 Å². The van der Waals surface area contributed by atoms with E-state index in [1.54, 1.807) is 0 Å². The summed E-state index contributed by atoms with van der Waals surface area (Å²) in [6, 6.07) is 17.9. The number of benzene rings is 2. The summed E-state index contributed by atoms with van der Waals surface area (Å²) in [6.45, 7) is 1.96. The van der Waals surface area contributed by atoms with Crippen molar-refractivity contribution in [2.45, 2.75) is 13.0 Å². The van der Waals surface area contributed by atoms with E-state index in [1.165, 1.54) is 0 Å². The molecule has 0 aliphatic carbocycles. The molecule has 0 saturated carbocycles. The molecule has 2 aromatic carbocycles. The minimum atomic E-state index is 0.0331. The molecule has 19 heavy (non-hydrogen) atoms. The number of nitrogens with zero attached hydrogens (tertiary/aromatic N) is 2. The molecule has 2 aromatic rings. The van der Waals surface area contributed by atoms with Crippen molar-refractivity contribution in [3.05, 3.63) is 59.7 Å². The van der Waals surface area contributed by atoms with Gasteiger partial charge in [0.1, 0.15) is 6.07 Å². The lowest BCUT2D eigenvalue weighted by atomic mass is 10.1. The Morgan fingerprint density at radius 2 is 1.74 bits per heavy atom. The van der Waals surface area contributed by atoms with Crippen LogP contribution in [0.1, 0.15) is 24.1 Å². The molecule has 0 spiro atoms. The first-order chi connectivity index (χ1) is 9.13. The lowest BCUT2D eigenvalue weighted by Gasteiger charge is -2.21. The fourth-order valence-electron chi connectivity index (χ4n) is 2.00. The zero-order valence-electron chi connectivity index (χ0n) is 11.2. The molecule has 0 radical (unpaired) electrons. The molecular formula is C16H17N3. The summed E-state index contributed by atoms with van der Waals surface area (Å²) in [4.78, 5) is 2.00. The molecule has 0 fully saturated rings. The highest BCUT2D eigenvalue weighted by Crippen LogP contribution is 2.27. The fraction of sp³-hybridized carbons (Fsp3) is 0.188. The molecule has 1 atom stereocenters. The van der Waals surface area contributed by atoms with Gasteiger partial charge in [0.15, 0.2) is 0 Å². The Balaban J connectivity index is 2.34. The number of hydrogen-bond acceptors (Lipinski definition) is 3. The van der Waals surface area contributed by atoms with E-state index >= 15 is 0 Å². The van der Waals surface area contributed by atoms with Gasteiger partial charge in [-0.1, -0.05) is 24.3 Å². The normalized spacial score (nSPS) is 11.7. The summed E-state index contributed by atoms with van der Waals surface area (Å²) in [7, 11) is 1.96. The second kappa shape index (κ2) is 5.55. The molecule has 2 rings (SSSR count). The third kappa shape index (κ3) is 2.75. The van der Waals surface area contributed by atoms with Crippen molar-refractivity contribution in [3.63, 3.8) is 0 Å². The number of anilines is 2. The van der Waals surface area contributed by atoms with Crippen molar-refractivity contribution >= 4 is 11.4 Å². The molecule has 2 N–H and O–H groups in total. The number of rotatable bonds is 3. The van der Waals surface area contributed by atoms with Gasteiger partial charge < -0.3 is 10.6 Å². The first-order valence-electron chi connectivity index (χ1n) is 6.22. The Morgan fingerprint density at radius 1 is 1.11 bits per heavy atom. The predicted molar refractivity (Wildman–Crippen MR) is 78.3 cm³/mol. The van der Waals surface area contributed by atoms with Crippen LogP contribution in [0.15, 0.2) is 48.5 Å². The Bertz CT molecular complexity index is 594. The van der Waals surface area contributed by atoms with Crippen LogP contribution in [0.5, 0.6) is 0 Å². The molecule has 96 valence electrons. The van der Waals surface area contributed by atoms with Gasteiger partial charge in [-0.05, 0) is 36.8 Å². The molecule has 0 aromatic heterocycles. The van der Waals surface area contributed by atoms with Crippen LogP contribution in [-0.2, 0) is 0 Å². The average Bonchev–Trinajstić information content (AvgIpc) is 2.46. The number of nitriles is 1. The SMILES string of the molecule is CC(N)c1ccc(N(C)c2ccccc2C#N)cc1.